The average molecular weight is 757 g/mol. The number of hydrogen-bond donors (Lipinski definition) is 1. The number of carboxylic acid groups (broad SMARTS) is 1. The van der Waals surface area contributed by atoms with Crippen LogP contribution in [0.4, 0.5) is 0 Å². The number of aromatic carboxylic acids is 1. The highest BCUT2D eigenvalue weighted by molar-refractivity contribution is 6.31. The zero-order chi connectivity index (χ0) is 40.0. The summed E-state index contributed by atoms with van der Waals surface area (Å²) in [6, 6.07) is 12.0. The fourth-order valence-electron chi connectivity index (χ4n) is 5.33. The van der Waals surface area contributed by atoms with Gasteiger partial charge in [-0.3, -0.25) is 0 Å². The molecule has 0 aliphatic carbocycles. The smallest absolute Gasteiger partial charge is 0.355 e. The predicted octanol–water partition coefficient (Wildman–Crippen LogP) is 13.7. The Morgan fingerprint density at radius 2 is 1.07 bits per heavy atom. The highest BCUT2D eigenvalue weighted by atomic mass is 35.5. The second-order valence-electron chi connectivity index (χ2n) is 14.4. The Morgan fingerprint density at radius 1 is 0.648 bits per heavy atom. The summed E-state index contributed by atoms with van der Waals surface area (Å²) in [6.07, 6.45) is 22.0. The van der Waals surface area contributed by atoms with Gasteiger partial charge < -0.3 is 19.0 Å². The van der Waals surface area contributed by atoms with E-state index in [4.69, 9.17) is 30.6 Å². The van der Waals surface area contributed by atoms with E-state index in [-0.39, 0.29) is 10.6 Å². The number of allylic oxidation sites excluding steroid dienone is 10. The molecule has 0 saturated heterocycles. The van der Waals surface area contributed by atoms with Crippen LogP contribution < -0.4 is 15.1 Å². The van der Waals surface area contributed by atoms with E-state index in [1.807, 2.05) is 19.1 Å². The summed E-state index contributed by atoms with van der Waals surface area (Å²) >= 11 is 5.96. The average Bonchev–Trinajstić information content (AvgIpc) is 3.11. The van der Waals surface area contributed by atoms with Gasteiger partial charge in [0.25, 0.3) is 0 Å². The first-order chi connectivity index (χ1) is 25.7. The Morgan fingerprint density at radius 3 is 1.54 bits per heavy atom. The maximum absolute atomic E-state index is 11.7. The van der Waals surface area contributed by atoms with Crippen LogP contribution in [0.5, 0.6) is 11.5 Å². The van der Waals surface area contributed by atoms with E-state index >= 15 is 0 Å². The van der Waals surface area contributed by atoms with Gasteiger partial charge in [0.05, 0.1) is 5.56 Å². The number of rotatable bonds is 19. The molecule has 0 saturated carbocycles. The number of aryl methyl sites for hydroxylation is 1. The van der Waals surface area contributed by atoms with Gasteiger partial charge in [-0.05, 0) is 168 Å². The van der Waals surface area contributed by atoms with Crippen molar-refractivity contribution in [3.63, 3.8) is 0 Å². The minimum Gasteiger partial charge on any atom is -0.490 e. The standard InChI is InChI=1S/C25H31ClO3.C22H30O3/c1-17(2)8-6-9-18(3)10-7-11-19(4)14-15-28-21-12-13-22-20(5)24(26)25(27)29-23(22)16-21;1-17(2)7-5-8-18(3)9-6-10-19(4)15-16-25-21-13-11-20(12-14-21)22(23)24/h8,10,12-14,16H,6-7,9,11,15H2,1-5H3;7,9,11-15H,5-6,8,10,16H2,1-4H3,(H,23,24)/b18-10+,19-14+;18-9+,19-15+. The highest BCUT2D eigenvalue weighted by Gasteiger charge is 2.10. The molecule has 0 spiro atoms. The van der Waals surface area contributed by atoms with Crippen LogP contribution >= 0.6 is 11.6 Å². The van der Waals surface area contributed by atoms with E-state index in [1.165, 1.54) is 33.4 Å². The molecule has 0 amide bonds. The Balaban J connectivity index is 0.000000378. The van der Waals surface area contributed by atoms with Crippen molar-refractivity contribution in [1.29, 1.82) is 0 Å². The van der Waals surface area contributed by atoms with Crippen molar-refractivity contribution in [3.8, 4) is 11.5 Å². The van der Waals surface area contributed by atoms with Crippen LogP contribution in [0.15, 0.2) is 122 Å². The lowest BCUT2D eigenvalue weighted by Gasteiger charge is -2.07. The molecular weight excluding hydrogens is 696 g/mol. The molecule has 0 fully saturated rings. The maximum atomic E-state index is 11.7. The molecule has 3 aromatic rings. The first-order valence-corrected chi connectivity index (χ1v) is 19.2. The molecule has 0 aliphatic heterocycles. The normalized spacial score (nSPS) is 12.2. The van der Waals surface area contributed by atoms with Crippen molar-refractivity contribution in [1.82, 2.24) is 0 Å². The maximum Gasteiger partial charge on any atom is 0.355 e. The Labute approximate surface area is 328 Å². The molecule has 292 valence electrons. The molecule has 0 radical (unpaired) electrons. The summed E-state index contributed by atoms with van der Waals surface area (Å²) in [5.41, 5.74) is 9.21. The third kappa shape index (κ3) is 18.5. The molecule has 0 bridgehead atoms. The number of carbonyl (C=O) groups is 1. The zero-order valence-corrected chi connectivity index (χ0v) is 34.7. The van der Waals surface area contributed by atoms with E-state index in [1.54, 1.807) is 30.3 Å². The topological polar surface area (TPSA) is 86.0 Å². The predicted molar refractivity (Wildman–Crippen MR) is 227 cm³/mol. The van der Waals surface area contributed by atoms with Gasteiger partial charge in [0, 0.05) is 11.5 Å². The van der Waals surface area contributed by atoms with Gasteiger partial charge in [0.15, 0.2) is 0 Å². The van der Waals surface area contributed by atoms with Crippen molar-refractivity contribution >= 4 is 28.5 Å². The van der Waals surface area contributed by atoms with Gasteiger partial charge in [-0.15, -0.1) is 0 Å². The first kappa shape index (κ1) is 45.6. The summed E-state index contributed by atoms with van der Waals surface area (Å²) in [7, 11) is 0. The summed E-state index contributed by atoms with van der Waals surface area (Å²) < 4.78 is 16.7. The zero-order valence-electron chi connectivity index (χ0n) is 33.9. The van der Waals surface area contributed by atoms with E-state index in [0.717, 1.165) is 62.3 Å². The van der Waals surface area contributed by atoms with Crippen LogP contribution in [0.3, 0.4) is 0 Å². The Kier molecular flexibility index (Phi) is 20.9. The van der Waals surface area contributed by atoms with Crippen LogP contribution in [0, 0.1) is 6.92 Å². The summed E-state index contributed by atoms with van der Waals surface area (Å²) in [4.78, 5) is 22.5. The van der Waals surface area contributed by atoms with Crippen molar-refractivity contribution in [2.45, 2.75) is 114 Å². The van der Waals surface area contributed by atoms with Crippen molar-refractivity contribution in [2.24, 2.45) is 0 Å². The van der Waals surface area contributed by atoms with Crippen LogP contribution in [-0.2, 0) is 0 Å². The van der Waals surface area contributed by atoms with Crippen molar-refractivity contribution in [3.05, 3.63) is 139 Å². The second-order valence-corrected chi connectivity index (χ2v) is 14.7. The lowest BCUT2D eigenvalue weighted by molar-refractivity contribution is 0.0697. The molecule has 2 aromatic carbocycles. The lowest BCUT2D eigenvalue weighted by Crippen LogP contribution is -2.02. The fourth-order valence-corrected chi connectivity index (χ4v) is 5.47. The molecule has 0 atom stereocenters. The molecule has 1 N–H and O–H groups in total. The van der Waals surface area contributed by atoms with Gasteiger partial charge in [0.1, 0.15) is 35.3 Å². The second kappa shape index (κ2) is 24.7. The molecule has 0 unspecified atom stereocenters. The number of fused-ring (bicyclic) bond motifs is 1. The molecule has 1 heterocycles. The minimum absolute atomic E-state index is 0.131. The van der Waals surface area contributed by atoms with Crippen LogP contribution in [0.1, 0.15) is 123 Å². The number of halogens is 1. The lowest BCUT2D eigenvalue weighted by atomic mass is 10.1. The Bertz CT molecular complexity index is 1890. The summed E-state index contributed by atoms with van der Waals surface area (Å²) in [5, 5.41) is 9.81. The summed E-state index contributed by atoms with van der Waals surface area (Å²) in [5.74, 6) is 0.428. The third-order valence-corrected chi connectivity index (χ3v) is 9.22. The molecular formula is C47H61ClO6. The van der Waals surface area contributed by atoms with E-state index in [0.29, 0.717) is 30.3 Å². The van der Waals surface area contributed by atoms with E-state index < -0.39 is 11.6 Å². The van der Waals surface area contributed by atoms with Crippen LogP contribution in [-0.4, -0.2) is 24.3 Å². The van der Waals surface area contributed by atoms with E-state index in [9.17, 15) is 9.59 Å². The SMILES string of the molecule is CC(C)=CCC/C(C)=C/CC/C(C)=C/COc1ccc(C(=O)O)cc1.CC(C)=CCC/C(C)=C/CC/C(C)=C/COc1ccc2c(C)c(Cl)c(=O)oc2c1. The molecule has 54 heavy (non-hydrogen) atoms. The quantitative estimate of drug-likeness (QED) is 0.0968. The number of ether oxygens (including phenoxy) is 2. The van der Waals surface area contributed by atoms with Gasteiger partial charge in [-0.2, -0.15) is 0 Å². The molecule has 7 heteroatoms. The monoisotopic (exact) mass is 756 g/mol. The highest BCUT2D eigenvalue weighted by Crippen LogP contribution is 2.26. The molecule has 0 aliphatic rings. The number of benzene rings is 2. The number of hydrogen-bond acceptors (Lipinski definition) is 5. The van der Waals surface area contributed by atoms with E-state index in [2.05, 4.69) is 91.8 Å². The minimum atomic E-state index is -0.925. The van der Waals surface area contributed by atoms with Crippen LogP contribution in [0.2, 0.25) is 5.02 Å². The van der Waals surface area contributed by atoms with Crippen molar-refractivity contribution < 1.29 is 23.8 Å². The Hall–Kier alpha value is -4.55. The third-order valence-electron chi connectivity index (χ3n) is 8.78. The van der Waals surface area contributed by atoms with Gasteiger partial charge >= 0.3 is 11.6 Å². The largest absolute Gasteiger partial charge is 0.490 e. The number of carboxylic acids is 1. The van der Waals surface area contributed by atoms with Gasteiger partial charge in [-0.25, -0.2) is 9.59 Å². The molecule has 3 rings (SSSR count). The molecule has 1 aromatic heterocycles. The fraction of sp³-hybridized carbons (Fsp3) is 0.404. The van der Waals surface area contributed by atoms with Crippen LogP contribution in [0.25, 0.3) is 11.0 Å². The summed E-state index contributed by atoms with van der Waals surface area (Å²) in [6.45, 7) is 20.0. The van der Waals surface area contributed by atoms with Crippen molar-refractivity contribution in [2.75, 3.05) is 13.2 Å². The first-order valence-electron chi connectivity index (χ1n) is 18.9. The van der Waals surface area contributed by atoms with Gasteiger partial charge in [-0.1, -0.05) is 69.3 Å². The van der Waals surface area contributed by atoms with Gasteiger partial charge in [0.2, 0.25) is 0 Å². The molecule has 6 nitrogen and oxygen atoms in total.